The van der Waals surface area contributed by atoms with Crippen molar-refractivity contribution >= 4 is 65.1 Å². The van der Waals surface area contributed by atoms with Crippen LogP contribution in [0.2, 0.25) is 0 Å². The molecule has 16 heteroatoms. The number of aldehydes is 1. The van der Waals surface area contributed by atoms with Crippen LogP contribution in [0.3, 0.4) is 0 Å². The number of anilines is 3. The van der Waals surface area contributed by atoms with Gasteiger partial charge in [0.25, 0.3) is 5.70 Å². The van der Waals surface area contributed by atoms with Crippen LogP contribution in [-0.2, 0) is 38.2 Å². The van der Waals surface area contributed by atoms with Crippen molar-refractivity contribution in [2.24, 2.45) is 0 Å². The fraction of sp³-hybridized carbons (Fsp3) is 0.237. The van der Waals surface area contributed by atoms with Crippen molar-refractivity contribution in [3.05, 3.63) is 107 Å². The number of carbonyl (C=O) groups is 7. The second-order valence-electron chi connectivity index (χ2n) is 10.4. The second kappa shape index (κ2) is 26.5. The van der Waals surface area contributed by atoms with Crippen LogP contribution < -0.4 is 16.4 Å². The second-order valence-corrected chi connectivity index (χ2v) is 10.4. The van der Waals surface area contributed by atoms with E-state index in [1.165, 1.54) is 32.1 Å². The zero-order valence-corrected chi connectivity index (χ0v) is 30.0. The van der Waals surface area contributed by atoms with E-state index in [2.05, 4.69) is 20.2 Å². The quantitative estimate of drug-likeness (QED) is 0.0519. The van der Waals surface area contributed by atoms with E-state index < -0.39 is 36.2 Å². The molecule has 0 heterocycles. The van der Waals surface area contributed by atoms with Crippen molar-refractivity contribution in [1.29, 1.82) is 5.26 Å². The molecule has 54 heavy (non-hydrogen) atoms. The zero-order chi connectivity index (χ0) is 41.1. The highest BCUT2D eigenvalue weighted by molar-refractivity contribution is 5.96. The molecule has 0 aliphatic heterocycles. The van der Waals surface area contributed by atoms with Crippen molar-refractivity contribution in [3.8, 4) is 6.07 Å². The molecule has 0 aromatic heterocycles. The lowest BCUT2D eigenvalue weighted by Crippen LogP contribution is -2.15. The largest absolute Gasteiger partial charge is 0.481 e. The first kappa shape index (κ1) is 46.7. The molecule has 0 bridgehead atoms. The Balaban J connectivity index is 0.000000724. The van der Waals surface area contributed by atoms with E-state index in [-0.39, 0.29) is 30.5 Å². The highest BCUT2D eigenvalue weighted by Gasteiger charge is 2.22. The van der Waals surface area contributed by atoms with Gasteiger partial charge in [0, 0.05) is 36.5 Å². The number of amides is 2. The van der Waals surface area contributed by atoms with Gasteiger partial charge in [-0.25, -0.2) is 4.85 Å². The Morgan fingerprint density at radius 2 is 1.31 bits per heavy atom. The predicted octanol–water partition coefficient (Wildman–Crippen LogP) is 5.30. The lowest BCUT2D eigenvalue weighted by Gasteiger charge is -2.09. The van der Waals surface area contributed by atoms with E-state index >= 15 is 0 Å². The van der Waals surface area contributed by atoms with Gasteiger partial charge in [0.05, 0.1) is 38.2 Å². The number of nitriles is 1. The number of benzene rings is 3. The number of carbonyl (C=O) groups excluding carboxylic acids is 5. The van der Waals surface area contributed by atoms with Gasteiger partial charge in [-0.05, 0) is 79.6 Å². The molecule has 284 valence electrons. The van der Waals surface area contributed by atoms with E-state index in [0.717, 1.165) is 6.29 Å². The fourth-order valence-electron chi connectivity index (χ4n) is 3.74. The Morgan fingerprint density at radius 3 is 1.69 bits per heavy atom. The first-order chi connectivity index (χ1) is 25.6. The topological polar surface area (TPSA) is 257 Å². The van der Waals surface area contributed by atoms with Crippen LogP contribution in [-0.4, -0.2) is 65.4 Å². The summed E-state index contributed by atoms with van der Waals surface area (Å²) in [6.45, 7) is 13.8. The molecule has 0 aliphatic carbocycles. The summed E-state index contributed by atoms with van der Waals surface area (Å²) in [5.41, 5.74) is 8.97. The molecule has 1 atom stereocenters. The molecule has 2 amide bonds. The minimum atomic E-state index is -1.15. The Kier molecular flexibility index (Phi) is 22.9. The molecule has 3 aromatic rings. The van der Waals surface area contributed by atoms with Crippen LogP contribution in [0.5, 0.6) is 0 Å². The molecule has 6 N–H and O–H groups in total. The molecule has 0 spiro atoms. The summed E-state index contributed by atoms with van der Waals surface area (Å²) in [4.78, 5) is 77.8. The first-order valence-electron chi connectivity index (χ1n) is 15.9. The molecule has 0 fully saturated rings. The van der Waals surface area contributed by atoms with Gasteiger partial charge in [-0.15, -0.1) is 0 Å². The molecular formula is C38H41N5O11. The number of nitrogen functional groups attached to an aromatic ring is 1. The highest BCUT2D eigenvalue weighted by atomic mass is 16.5. The summed E-state index contributed by atoms with van der Waals surface area (Å²) in [5, 5.41) is 30.6. The summed E-state index contributed by atoms with van der Waals surface area (Å²) < 4.78 is 9.19. The molecule has 0 aliphatic rings. The number of carboxylic acids is 2. The number of nitrogens with two attached hydrogens (primary N) is 1. The van der Waals surface area contributed by atoms with Gasteiger partial charge in [-0.2, -0.15) is 5.26 Å². The summed E-state index contributed by atoms with van der Waals surface area (Å²) in [6.07, 6.45) is 1.63. The third-order valence-corrected chi connectivity index (χ3v) is 6.05. The number of aliphatic carboxylic acids is 2. The van der Waals surface area contributed by atoms with Crippen LogP contribution in [0.1, 0.15) is 67.9 Å². The zero-order valence-electron chi connectivity index (χ0n) is 30.0. The molecule has 16 nitrogen and oxygen atoms in total. The normalized spacial score (nSPS) is 10.1. The average molecular weight is 744 g/mol. The van der Waals surface area contributed by atoms with Gasteiger partial charge in [0.2, 0.25) is 11.8 Å². The summed E-state index contributed by atoms with van der Waals surface area (Å²) in [5.74, 6) is -4.67. The van der Waals surface area contributed by atoms with Crippen molar-refractivity contribution in [2.45, 2.75) is 46.5 Å². The van der Waals surface area contributed by atoms with Crippen molar-refractivity contribution in [1.82, 2.24) is 0 Å². The van der Waals surface area contributed by atoms with Gasteiger partial charge >= 0.3 is 23.9 Å². The fourth-order valence-corrected chi connectivity index (χ4v) is 3.74. The summed E-state index contributed by atoms with van der Waals surface area (Å²) in [7, 11) is 0. The van der Waals surface area contributed by atoms with E-state index in [4.69, 9.17) is 32.5 Å². The van der Waals surface area contributed by atoms with Gasteiger partial charge in [0.1, 0.15) is 12.7 Å². The van der Waals surface area contributed by atoms with E-state index in [1.54, 1.807) is 80.6 Å². The van der Waals surface area contributed by atoms with E-state index in [9.17, 15) is 33.6 Å². The monoisotopic (exact) mass is 743 g/mol. The van der Waals surface area contributed by atoms with Crippen LogP contribution in [0.4, 0.5) is 17.1 Å². The smallest absolute Gasteiger partial charge is 0.336 e. The number of hydrogen-bond acceptors (Lipinski definition) is 11. The van der Waals surface area contributed by atoms with Crippen LogP contribution in [0.25, 0.3) is 10.9 Å². The third kappa shape index (κ3) is 21.0. The average Bonchev–Trinajstić information content (AvgIpc) is 3.11. The maximum atomic E-state index is 11.4. The molecule has 0 radical (unpaired) electrons. The Labute approximate surface area is 312 Å². The minimum absolute atomic E-state index is 0.0749. The number of hydrogen-bond donors (Lipinski definition) is 5. The van der Waals surface area contributed by atoms with Crippen molar-refractivity contribution < 1.29 is 53.2 Å². The van der Waals surface area contributed by atoms with Crippen LogP contribution >= 0.6 is 0 Å². The Bertz CT molecular complexity index is 1830. The maximum Gasteiger partial charge on any atom is 0.336 e. The number of esters is 2. The molecular weight excluding hydrogens is 702 g/mol. The van der Waals surface area contributed by atoms with Gasteiger partial charge in [-0.3, -0.25) is 33.6 Å². The first-order valence-corrected chi connectivity index (χ1v) is 15.9. The van der Waals surface area contributed by atoms with E-state index in [0.29, 0.717) is 40.4 Å². The predicted molar refractivity (Wildman–Crippen MR) is 198 cm³/mol. The molecule has 0 saturated carbocycles. The number of rotatable bonds is 12. The molecule has 0 saturated heterocycles. The maximum absolute atomic E-state index is 11.4. The van der Waals surface area contributed by atoms with Gasteiger partial charge in [-0.1, -0.05) is 24.3 Å². The molecule has 1 unspecified atom stereocenters. The van der Waals surface area contributed by atoms with Gasteiger partial charge < -0.3 is 36.1 Å². The minimum Gasteiger partial charge on any atom is -0.481 e. The van der Waals surface area contributed by atoms with Crippen molar-refractivity contribution in [2.75, 3.05) is 29.6 Å². The Morgan fingerprint density at radius 1 is 0.833 bits per heavy atom. The summed E-state index contributed by atoms with van der Waals surface area (Å²) in [6, 6.07) is 21.3. The highest BCUT2D eigenvalue weighted by Crippen LogP contribution is 2.21. The Hall–Kier alpha value is -7.33. The van der Waals surface area contributed by atoms with Crippen LogP contribution in [0, 0.1) is 17.9 Å². The number of ether oxygens (including phenoxy) is 2. The lowest BCUT2D eigenvalue weighted by molar-refractivity contribution is -0.145. The number of nitrogens with one attached hydrogen (secondary N) is 2. The van der Waals surface area contributed by atoms with Crippen molar-refractivity contribution in [3.63, 3.8) is 0 Å². The summed E-state index contributed by atoms with van der Waals surface area (Å²) >= 11 is 0. The van der Waals surface area contributed by atoms with Gasteiger partial charge in [0.15, 0.2) is 0 Å². The molecule has 3 aromatic carbocycles. The molecule has 3 rings (SSSR count). The lowest BCUT2D eigenvalue weighted by atomic mass is 9.96. The number of carboxylic acid groups (broad SMARTS) is 2. The van der Waals surface area contributed by atoms with Crippen LogP contribution in [0.15, 0.2) is 78.5 Å². The van der Waals surface area contributed by atoms with E-state index in [1.807, 2.05) is 0 Å². The SMILES string of the molecule is CC(=O)Nc1ccc(C=O)cc1.CCOC(=O)CC#N.Nc1ccc(C(CC(=O)O)C(=O)O)cc1.[C-]#[N+]/C(=C\c1ccc(NC(C)=O)cc1)C(=O)OCC. The third-order valence-electron chi connectivity index (χ3n) is 6.05. The standard InChI is InChI=1S/C14H14N2O3.C10H11NO4.C9H9NO2.C5H7NO2/c1-4-19-14(18)13(15-3)9-11-5-7-12(8-6-11)16-10(2)17;11-7-3-1-6(2-4-7)8(10(14)15)5-9(12)13;1-7(12)10-9-4-2-8(6-11)3-5-9;1-2-8-5(7)3-4-6/h5-9H,4H2,1-2H3,(H,16,17);1-4,8H,5,11H2,(H,12,13)(H,14,15);2-6H,1H3,(H,10,12);2-3H2,1H3/b13-9-;;;. The number of nitrogens with zero attached hydrogens (tertiary/aromatic N) is 2.